The fraction of sp³-hybridized carbons (Fsp3) is 0.385. The number of ether oxygens (including phenoxy) is 1. The Hall–Kier alpha value is -4.09. The van der Waals surface area contributed by atoms with Crippen LogP contribution >= 0.6 is 0 Å². The average Bonchev–Trinajstić information content (AvgIpc) is 3.24. The van der Waals surface area contributed by atoms with E-state index in [0.717, 1.165) is 5.56 Å². The number of halogens is 3. The third kappa shape index (κ3) is 4.33. The number of nitrogens with one attached hydrogen (secondary N) is 2. The van der Waals surface area contributed by atoms with Gasteiger partial charge in [-0.1, -0.05) is 30.3 Å². The zero-order valence-corrected chi connectivity index (χ0v) is 20.4. The van der Waals surface area contributed by atoms with Crippen molar-refractivity contribution in [2.75, 3.05) is 18.9 Å². The molecule has 2 N–H and O–H groups in total. The molecule has 0 aromatic heterocycles. The summed E-state index contributed by atoms with van der Waals surface area (Å²) in [5, 5.41) is 5.05. The van der Waals surface area contributed by atoms with Crippen LogP contribution in [0.25, 0.3) is 0 Å². The number of alkyl halides is 3. The highest BCUT2D eigenvalue weighted by Gasteiger charge is 2.59. The topological polar surface area (TPSA) is 108 Å². The second kappa shape index (κ2) is 9.34. The van der Waals surface area contributed by atoms with Crippen molar-refractivity contribution in [2.24, 2.45) is 0 Å². The molecule has 2 atom stereocenters. The fourth-order valence-corrected chi connectivity index (χ4v) is 5.45. The van der Waals surface area contributed by atoms with Gasteiger partial charge in [0.15, 0.2) is 0 Å². The predicted molar refractivity (Wildman–Crippen MR) is 128 cm³/mol. The molecule has 38 heavy (non-hydrogen) atoms. The molecule has 0 saturated carbocycles. The summed E-state index contributed by atoms with van der Waals surface area (Å²) in [6.45, 7) is -1.15. The molecule has 2 aromatic rings. The van der Waals surface area contributed by atoms with Crippen LogP contribution in [0.1, 0.15) is 35.1 Å². The van der Waals surface area contributed by atoms with E-state index >= 15 is 0 Å². The van der Waals surface area contributed by atoms with E-state index in [2.05, 4.69) is 10.6 Å². The molecular formula is C26H25F3N4O5. The molecule has 5 rings (SSSR count). The largest absolute Gasteiger partial charge is 0.427 e. The Morgan fingerprint density at radius 2 is 1.82 bits per heavy atom. The van der Waals surface area contributed by atoms with Gasteiger partial charge < -0.3 is 20.3 Å². The lowest BCUT2D eigenvalue weighted by Crippen LogP contribution is -2.52. The van der Waals surface area contributed by atoms with E-state index in [0.29, 0.717) is 38.6 Å². The Kier molecular flexibility index (Phi) is 6.28. The number of hydrogen-bond donors (Lipinski definition) is 2. The van der Waals surface area contributed by atoms with Gasteiger partial charge in [-0.3, -0.25) is 9.59 Å². The van der Waals surface area contributed by atoms with Gasteiger partial charge in [0.05, 0.1) is 0 Å². The van der Waals surface area contributed by atoms with Gasteiger partial charge in [-0.05, 0) is 48.1 Å². The average molecular weight is 531 g/mol. The molecule has 2 aliphatic heterocycles. The second-order valence-electron chi connectivity index (χ2n) is 9.55. The molecule has 5 amide bonds. The van der Waals surface area contributed by atoms with Gasteiger partial charge >= 0.3 is 18.3 Å². The van der Waals surface area contributed by atoms with Crippen LogP contribution in [0.4, 0.5) is 28.4 Å². The lowest BCUT2D eigenvalue weighted by molar-refractivity contribution is -0.192. The second-order valence-corrected chi connectivity index (χ2v) is 9.55. The summed E-state index contributed by atoms with van der Waals surface area (Å²) in [7, 11) is 1.46. The first kappa shape index (κ1) is 25.6. The summed E-state index contributed by atoms with van der Waals surface area (Å²) >= 11 is 0. The Balaban J connectivity index is 1.39. The lowest BCUT2D eigenvalue weighted by Gasteiger charge is -2.32. The Morgan fingerprint density at radius 3 is 2.53 bits per heavy atom. The monoisotopic (exact) mass is 530 g/mol. The van der Waals surface area contributed by atoms with Gasteiger partial charge in [0.2, 0.25) is 11.5 Å². The van der Waals surface area contributed by atoms with Gasteiger partial charge in [0.1, 0.15) is 12.6 Å². The molecule has 1 fully saturated rings. The maximum Gasteiger partial charge on any atom is 0.418 e. The molecule has 3 aliphatic rings. The van der Waals surface area contributed by atoms with E-state index in [1.807, 2.05) is 0 Å². The molecule has 1 spiro atoms. The van der Waals surface area contributed by atoms with Crippen LogP contribution in [-0.4, -0.2) is 59.5 Å². The van der Waals surface area contributed by atoms with Gasteiger partial charge in [-0.2, -0.15) is 13.2 Å². The SMILES string of the molecule is CNC(=O)Nc1ccc2c(c1)CC[C@@]21OC(=O)N(CC(=O)N2Cc3ccccc3CC[C@H]2C(F)(F)F)C1=O. The number of benzene rings is 2. The number of amides is 5. The van der Waals surface area contributed by atoms with Crippen LogP contribution in [0.3, 0.4) is 0 Å². The minimum absolute atomic E-state index is 0.114. The number of carbonyl (C=O) groups is 4. The lowest BCUT2D eigenvalue weighted by atomic mass is 9.94. The highest BCUT2D eigenvalue weighted by molar-refractivity contribution is 6.06. The van der Waals surface area contributed by atoms with Gasteiger partial charge in [-0.25, -0.2) is 14.5 Å². The van der Waals surface area contributed by atoms with Crippen LogP contribution < -0.4 is 10.6 Å². The van der Waals surface area contributed by atoms with Crippen molar-refractivity contribution in [1.29, 1.82) is 0 Å². The number of urea groups is 1. The van der Waals surface area contributed by atoms with Crippen molar-refractivity contribution in [3.63, 3.8) is 0 Å². The van der Waals surface area contributed by atoms with Crippen LogP contribution in [0.5, 0.6) is 0 Å². The van der Waals surface area contributed by atoms with Crippen LogP contribution in [0.2, 0.25) is 0 Å². The minimum atomic E-state index is -4.68. The normalized spacial score (nSPS) is 22.6. The fourth-order valence-electron chi connectivity index (χ4n) is 5.45. The van der Waals surface area contributed by atoms with Gasteiger partial charge in [0, 0.05) is 31.3 Å². The minimum Gasteiger partial charge on any atom is -0.427 e. The maximum absolute atomic E-state index is 14.0. The third-order valence-electron chi connectivity index (χ3n) is 7.36. The highest BCUT2D eigenvalue weighted by atomic mass is 19.4. The maximum atomic E-state index is 14.0. The van der Waals surface area contributed by atoms with Crippen molar-refractivity contribution >= 4 is 29.6 Å². The van der Waals surface area contributed by atoms with Crippen molar-refractivity contribution in [2.45, 2.75) is 50.0 Å². The zero-order valence-electron chi connectivity index (χ0n) is 20.4. The number of nitrogens with zero attached hydrogens (tertiary/aromatic N) is 2. The number of aryl methyl sites for hydroxylation is 2. The molecule has 9 nitrogen and oxygen atoms in total. The van der Waals surface area contributed by atoms with Crippen LogP contribution in [0.15, 0.2) is 42.5 Å². The number of anilines is 1. The van der Waals surface area contributed by atoms with Crippen molar-refractivity contribution in [3.8, 4) is 0 Å². The molecule has 200 valence electrons. The van der Waals surface area contributed by atoms with E-state index in [4.69, 9.17) is 4.74 Å². The standard InChI is InChI=1S/C26H25F3N4O5/c1-30-23(36)31-18-7-8-19-16(12-18)10-11-25(19)22(35)33(24(37)38-25)14-21(34)32-13-17-5-3-2-4-15(17)6-9-20(32)26(27,28)29/h2-5,7-8,12,20H,6,9-11,13-14H2,1H3,(H2,30,31,36)/t20-,25+/m0/s1. The van der Waals surface area contributed by atoms with E-state index < -0.39 is 48.3 Å². The van der Waals surface area contributed by atoms with E-state index in [1.165, 1.54) is 7.05 Å². The number of imide groups is 1. The Morgan fingerprint density at radius 1 is 1.08 bits per heavy atom. The van der Waals surface area contributed by atoms with Gasteiger partial charge in [0.25, 0.3) is 5.91 Å². The summed E-state index contributed by atoms with van der Waals surface area (Å²) < 4.78 is 47.4. The third-order valence-corrected chi connectivity index (χ3v) is 7.36. The summed E-state index contributed by atoms with van der Waals surface area (Å²) in [5.74, 6) is -1.78. The smallest absolute Gasteiger partial charge is 0.418 e. The highest BCUT2D eigenvalue weighted by Crippen LogP contribution is 2.46. The van der Waals surface area contributed by atoms with Crippen molar-refractivity contribution in [1.82, 2.24) is 15.1 Å². The molecule has 0 unspecified atom stereocenters. The van der Waals surface area contributed by atoms with Crippen LogP contribution in [-0.2, 0) is 39.3 Å². The molecule has 1 saturated heterocycles. The Labute approximate surface area is 215 Å². The first-order valence-electron chi connectivity index (χ1n) is 12.1. The first-order valence-corrected chi connectivity index (χ1v) is 12.1. The molecular weight excluding hydrogens is 505 g/mol. The van der Waals surface area contributed by atoms with Gasteiger partial charge in [-0.15, -0.1) is 0 Å². The van der Waals surface area contributed by atoms with Crippen molar-refractivity contribution < 1.29 is 37.1 Å². The Bertz CT molecular complexity index is 1330. The predicted octanol–water partition coefficient (Wildman–Crippen LogP) is 3.46. The summed E-state index contributed by atoms with van der Waals surface area (Å²) in [5.41, 5.74) is 1.22. The summed E-state index contributed by atoms with van der Waals surface area (Å²) in [4.78, 5) is 52.5. The molecule has 2 heterocycles. The van der Waals surface area contributed by atoms with E-state index in [9.17, 15) is 32.3 Å². The van der Waals surface area contributed by atoms with E-state index in [1.54, 1.807) is 42.5 Å². The first-order chi connectivity index (χ1) is 18.0. The summed E-state index contributed by atoms with van der Waals surface area (Å²) in [6, 6.07) is 9.12. The van der Waals surface area contributed by atoms with E-state index in [-0.39, 0.29) is 25.8 Å². The number of rotatable bonds is 3. The molecule has 2 aromatic carbocycles. The molecule has 12 heteroatoms. The molecule has 0 bridgehead atoms. The molecule has 0 radical (unpaired) electrons. The number of fused-ring (bicyclic) bond motifs is 3. The van der Waals surface area contributed by atoms with Crippen LogP contribution in [0, 0.1) is 0 Å². The number of carbonyl (C=O) groups excluding carboxylic acids is 4. The number of hydrogen-bond acceptors (Lipinski definition) is 5. The molecule has 1 aliphatic carbocycles. The zero-order chi connectivity index (χ0) is 27.2. The van der Waals surface area contributed by atoms with Crippen molar-refractivity contribution in [3.05, 3.63) is 64.7 Å². The quantitative estimate of drug-likeness (QED) is 0.632. The summed E-state index contributed by atoms with van der Waals surface area (Å²) in [6.07, 6.45) is -5.47.